The van der Waals surface area contributed by atoms with Crippen LogP contribution in [0.15, 0.2) is 85.2 Å². The van der Waals surface area contributed by atoms with Gasteiger partial charge in [0.05, 0.1) is 11.0 Å². The van der Waals surface area contributed by atoms with Crippen molar-refractivity contribution in [2.75, 3.05) is 0 Å². The molecule has 0 unspecified atom stereocenters. The van der Waals surface area contributed by atoms with Crippen LogP contribution in [0.2, 0.25) is 0 Å². The molecular weight excluding hydrogens is 292 g/mol. The van der Waals surface area contributed by atoms with Crippen LogP contribution < -0.4 is 0 Å². The van der Waals surface area contributed by atoms with Crippen molar-refractivity contribution in [1.82, 2.24) is 9.97 Å². The fourth-order valence-corrected chi connectivity index (χ4v) is 2.03. The molecular formula is C22H26N2. The number of aromatic nitrogens is 2. The van der Waals surface area contributed by atoms with E-state index in [9.17, 15) is 0 Å². The number of hydrogen-bond donors (Lipinski definition) is 0. The summed E-state index contributed by atoms with van der Waals surface area (Å²) in [5.74, 6) is 0. The molecule has 2 nitrogen and oxygen atoms in total. The summed E-state index contributed by atoms with van der Waals surface area (Å²) in [5, 5.41) is 2.40. The SMILES string of the molecule is CC.CC.c1ccc2ncccc2c1.c1ccc2ncccc2c1. The molecule has 2 aromatic heterocycles. The third-order valence-electron chi connectivity index (χ3n) is 3.02. The van der Waals surface area contributed by atoms with Gasteiger partial charge in [-0.15, -0.1) is 0 Å². The second kappa shape index (κ2) is 11.8. The summed E-state index contributed by atoms with van der Waals surface area (Å²) < 4.78 is 0. The van der Waals surface area contributed by atoms with Crippen LogP contribution in [0.5, 0.6) is 0 Å². The van der Waals surface area contributed by atoms with E-state index in [1.165, 1.54) is 10.8 Å². The Hall–Kier alpha value is -2.74. The van der Waals surface area contributed by atoms with Gasteiger partial charge in [0.25, 0.3) is 0 Å². The zero-order valence-corrected chi connectivity index (χ0v) is 15.0. The third-order valence-corrected chi connectivity index (χ3v) is 3.02. The molecule has 124 valence electrons. The highest BCUT2D eigenvalue weighted by molar-refractivity contribution is 5.78. The molecule has 0 atom stereocenters. The van der Waals surface area contributed by atoms with Gasteiger partial charge in [0.2, 0.25) is 0 Å². The van der Waals surface area contributed by atoms with Gasteiger partial charge < -0.3 is 0 Å². The molecule has 0 fully saturated rings. The van der Waals surface area contributed by atoms with Gasteiger partial charge in [-0.05, 0) is 24.3 Å². The van der Waals surface area contributed by atoms with Crippen molar-refractivity contribution >= 4 is 21.8 Å². The van der Waals surface area contributed by atoms with Crippen LogP contribution in [0.1, 0.15) is 27.7 Å². The quantitative estimate of drug-likeness (QED) is 0.369. The number of hydrogen-bond acceptors (Lipinski definition) is 2. The van der Waals surface area contributed by atoms with Crippen LogP contribution in [0, 0.1) is 0 Å². The Bertz CT molecular complexity index is 623. The number of para-hydroxylation sites is 2. The average molecular weight is 318 g/mol. The van der Waals surface area contributed by atoms with Gasteiger partial charge in [0.15, 0.2) is 0 Å². The van der Waals surface area contributed by atoms with Crippen molar-refractivity contribution in [3.8, 4) is 0 Å². The zero-order chi connectivity index (χ0) is 17.6. The summed E-state index contributed by atoms with van der Waals surface area (Å²) in [6.45, 7) is 8.00. The Labute approximate surface area is 145 Å². The minimum absolute atomic E-state index is 1.06. The predicted octanol–water partition coefficient (Wildman–Crippen LogP) is 6.52. The van der Waals surface area contributed by atoms with Gasteiger partial charge in [0, 0.05) is 23.2 Å². The molecule has 0 radical (unpaired) electrons. The van der Waals surface area contributed by atoms with Gasteiger partial charge in [-0.3, -0.25) is 9.97 Å². The van der Waals surface area contributed by atoms with Crippen LogP contribution in [0.4, 0.5) is 0 Å². The normalized spacial score (nSPS) is 8.83. The van der Waals surface area contributed by atoms with Crippen molar-refractivity contribution in [2.45, 2.75) is 27.7 Å². The first kappa shape index (κ1) is 19.3. The molecule has 0 aliphatic heterocycles. The van der Waals surface area contributed by atoms with Crippen molar-refractivity contribution in [3.63, 3.8) is 0 Å². The molecule has 4 rings (SSSR count). The first-order valence-electron chi connectivity index (χ1n) is 8.53. The van der Waals surface area contributed by atoms with Crippen molar-refractivity contribution in [2.24, 2.45) is 0 Å². The molecule has 0 N–H and O–H groups in total. The Morgan fingerprint density at radius 2 is 0.792 bits per heavy atom. The third kappa shape index (κ3) is 5.81. The maximum Gasteiger partial charge on any atom is 0.0701 e. The molecule has 0 aliphatic rings. The van der Waals surface area contributed by atoms with Gasteiger partial charge >= 0.3 is 0 Å². The summed E-state index contributed by atoms with van der Waals surface area (Å²) >= 11 is 0. The summed E-state index contributed by atoms with van der Waals surface area (Å²) in [6, 6.07) is 24.2. The first-order chi connectivity index (χ1) is 11.9. The Kier molecular flexibility index (Phi) is 9.48. The van der Waals surface area contributed by atoms with E-state index in [0.29, 0.717) is 0 Å². The smallest absolute Gasteiger partial charge is 0.0701 e. The second-order valence-electron chi connectivity index (χ2n) is 4.39. The van der Waals surface area contributed by atoms with Crippen LogP contribution in [0.25, 0.3) is 21.8 Å². The van der Waals surface area contributed by atoms with E-state index in [4.69, 9.17) is 0 Å². The summed E-state index contributed by atoms with van der Waals surface area (Å²) in [5.41, 5.74) is 2.12. The molecule has 0 aliphatic carbocycles. The molecule has 4 aromatic rings. The first-order valence-corrected chi connectivity index (χ1v) is 8.53. The van der Waals surface area contributed by atoms with E-state index in [1.807, 2.05) is 88.6 Å². The fraction of sp³-hybridized carbons (Fsp3) is 0.182. The highest BCUT2D eigenvalue weighted by atomic mass is 14.6. The molecule has 2 aromatic carbocycles. The largest absolute Gasteiger partial charge is 0.256 e. The minimum atomic E-state index is 1.06. The lowest BCUT2D eigenvalue weighted by Gasteiger charge is -1.91. The van der Waals surface area contributed by atoms with Gasteiger partial charge in [0.1, 0.15) is 0 Å². The van der Waals surface area contributed by atoms with E-state index >= 15 is 0 Å². The lowest BCUT2D eigenvalue weighted by Crippen LogP contribution is -1.73. The highest BCUT2D eigenvalue weighted by Gasteiger charge is 1.87. The number of fused-ring (bicyclic) bond motifs is 2. The standard InChI is InChI=1S/2C9H7N.2C2H6/c2*1-2-6-9-8(4-1)5-3-7-10-9;2*1-2/h2*1-7H;2*1-2H3. The number of pyridine rings is 2. The molecule has 0 amide bonds. The summed E-state index contributed by atoms with van der Waals surface area (Å²) in [6.07, 6.45) is 3.62. The lowest BCUT2D eigenvalue weighted by atomic mass is 10.2. The van der Waals surface area contributed by atoms with E-state index in [-0.39, 0.29) is 0 Å². The van der Waals surface area contributed by atoms with Gasteiger partial charge in [-0.2, -0.15) is 0 Å². The van der Waals surface area contributed by atoms with E-state index in [0.717, 1.165) is 11.0 Å². The maximum absolute atomic E-state index is 4.18. The van der Waals surface area contributed by atoms with Crippen LogP contribution in [-0.4, -0.2) is 9.97 Å². The summed E-state index contributed by atoms with van der Waals surface area (Å²) in [4.78, 5) is 8.36. The van der Waals surface area contributed by atoms with Crippen molar-refractivity contribution in [1.29, 1.82) is 0 Å². The Morgan fingerprint density at radius 1 is 0.458 bits per heavy atom. The molecule has 2 heteroatoms. The monoisotopic (exact) mass is 318 g/mol. The Morgan fingerprint density at radius 3 is 1.17 bits per heavy atom. The minimum Gasteiger partial charge on any atom is -0.256 e. The molecule has 0 saturated heterocycles. The van der Waals surface area contributed by atoms with Crippen LogP contribution >= 0.6 is 0 Å². The van der Waals surface area contributed by atoms with Gasteiger partial charge in [-0.1, -0.05) is 76.2 Å². The number of rotatable bonds is 0. The van der Waals surface area contributed by atoms with Crippen molar-refractivity contribution < 1.29 is 0 Å². The molecule has 0 bridgehead atoms. The highest BCUT2D eigenvalue weighted by Crippen LogP contribution is 2.08. The van der Waals surface area contributed by atoms with Crippen molar-refractivity contribution in [3.05, 3.63) is 85.2 Å². The zero-order valence-electron chi connectivity index (χ0n) is 15.0. The fourth-order valence-electron chi connectivity index (χ4n) is 2.03. The molecule has 0 spiro atoms. The van der Waals surface area contributed by atoms with E-state index in [2.05, 4.69) is 34.2 Å². The summed E-state index contributed by atoms with van der Waals surface area (Å²) in [7, 11) is 0. The topological polar surface area (TPSA) is 25.8 Å². The van der Waals surface area contributed by atoms with Crippen LogP contribution in [0.3, 0.4) is 0 Å². The Balaban J connectivity index is 0.000000199. The second-order valence-corrected chi connectivity index (χ2v) is 4.39. The molecule has 2 heterocycles. The molecule has 0 saturated carbocycles. The van der Waals surface area contributed by atoms with Gasteiger partial charge in [-0.25, -0.2) is 0 Å². The predicted molar refractivity (Wildman–Crippen MR) is 106 cm³/mol. The number of nitrogens with zero attached hydrogens (tertiary/aromatic N) is 2. The van der Waals surface area contributed by atoms with E-state index in [1.54, 1.807) is 0 Å². The maximum atomic E-state index is 4.18. The van der Waals surface area contributed by atoms with Crippen LogP contribution in [-0.2, 0) is 0 Å². The lowest BCUT2D eigenvalue weighted by molar-refractivity contribution is 1.41. The molecule has 24 heavy (non-hydrogen) atoms. The van der Waals surface area contributed by atoms with E-state index < -0.39 is 0 Å². The number of benzene rings is 2. The average Bonchev–Trinajstić information content (AvgIpc) is 2.72.